The number of thiophene rings is 2. The van der Waals surface area contributed by atoms with Gasteiger partial charge in [-0.25, -0.2) is 9.97 Å². The zero-order valence-electron chi connectivity index (χ0n) is 18.8. The van der Waals surface area contributed by atoms with Crippen molar-refractivity contribution in [3.05, 3.63) is 64.1 Å². The van der Waals surface area contributed by atoms with E-state index in [-0.39, 0.29) is 0 Å². The molecular weight excluding hydrogens is 452 g/mol. The molecule has 5 rings (SSSR count). The number of hydrogen-bond acceptors (Lipinski definition) is 8. The van der Waals surface area contributed by atoms with Crippen LogP contribution in [0, 0.1) is 0 Å². The van der Waals surface area contributed by atoms with E-state index in [2.05, 4.69) is 57.4 Å². The fraction of sp³-hybridized carbons (Fsp3) is 0.360. The lowest BCUT2D eigenvalue weighted by Gasteiger charge is -2.25. The lowest BCUT2D eigenvalue weighted by atomic mass is 10.1. The summed E-state index contributed by atoms with van der Waals surface area (Å²) in [7, 11) is 0. The van der Waals surface area contributed by atoms with Crippen molar-refractivity contribution in [2.75, 3.05) is 38.2 Å². The summed E-state index contributed by atoms with van der Waals surface area (Å²) in [5.74, 6) is 1.77. The third-order valence-corrected chi connectivity index (χ3v) is 7.47. The first-order chi connectivity index (χ1) is 16.3. The molecule has 1 N–H and O–H groups in total. The van der Waals surface area contributed by atoms with Gasteiger partial charge in [-0.05, 0) is 29.5 Å². The number of nitrogens with zero attached hydrogens (tertiary/aromatic N) is 3. The van der Waals surface area contributed by atoms with Crippen LogP contribution in [0.25, 0.3) is 20.7 Å². The minimum atomic E-state index is 0.653. The summed E-state index contributed by atoms with van der Waals surface area (Å²) in [4.78, 5) is 14.6. The van der Waals surface area contributed by atoms with Gasteiger partial charge in [0.05, 0.1) is 31.8 Å². The van der Waals surface area contributed by atoms with Gasteiger partial charge in [0.25, 0.3) is 0 Å². The summed E-state index contributed by atoms with van der Waals surface area (Å²) >= 11 is 3.44. The van der Waals surface area contributed by atoms with Gasteiger partial charge in [0, 0.05) is 42.1 Å². The number of rotatable bonds is 9. The second-order valence-corrected chi connectivity index (χ2v) is 9.80. The van der Waals surface area contributed by atoms with Gasteiger partial charge in [0.1, 0.15) is 16.5 Å². The fourth-order valence-electron chi connectivity index (χ4n) is 3.92. The molecule has 172 valence electrons. The van der Waals surface area contributed by atoms with Crippen LogP contribution in [0.2, 0.25) is 0 Å². The quantitative estimate of drug-likeness (QED) is 0.346. The first-order valence-electron chi connectivity index (χ1n) is 11.3. The van der Waals surface area contributed by atoms with Crippen LogP contribution in [-0.2, 0) is 29.2 Å². The smallest absolute Gasteiger partial charge is 0.146 e. The van der Waals surface area contributed by atoms with Crippen molar-refractivity contribution in [3.8, 4) is 10.4 Å². The molecule has 6 nitrogen and oxygen atoms in total. The average molecular weight is 481 g/mol. The molecule has 0 radical (unpaired) electrons. The first kappa shape index (κ1) is 22.4. The van der Waals surface area contributed by atoms with Crippen LogP contribution in [0.5, 0.6) is 0 Å². The van der Waals surface area contributed by atoms with Crippen LogP contribution in [0.3, 0.4) is 0 Å². The predicted octanol–water partition coefficient (Wildman–Crippen LogP) is 5.40. The Kier molecular flexibility index (Phi) is 7.28. The van der Waals surface area contributed by atoms with Crippen LogP contribution >= 0.6 is 22.7 Å². The van der Waals surface area contributed by atoms with Crippen molar-refractivity contribution in [1.82, 2.24) is 14.9 Å². The van der Waals surface area contributed by atoms with Crippen molar-refractivity contribution in [3.63, 3.8) is 0 Å². The predicted molar refractivity (Wildman–Crippen MR) is 136 cm³/mol. The third-order valence-electron chi connectivity index (χ3n) is 5.69. The van der Waals surface area contributed by atoms with E-state index in [1.165, 1.54) is 21.6 Å². The van der Waals surface area contributed by atoms with Gasteiger partial charge in [-0.3, -0.25) is 4.90 Å². The van der Waals surface area contributed by atoms with Gasteiger partial charge in [0.2, 0.25) is 0 Å². The molecule has 33 heavy (non-hydrogen) atoms. The van der Waals surface area contributed by atoms with E-state index in [1.54, 1.807) is 22.7 Å². The highest BCUT2D eigenvalue weighted by Gasteiger charge is 2.18. The molecule has 0 unspecified atom stereocenters. The Hall–Kier alpha value is -2.36. The summed E-state index contributed by atoms with van der Waals surface area (Å²) in [6.45, 7) is 8.23. The lowest BCUT2D eigenvalue weighted by molar-refractivity contribution is 0.0331. The third kappa shape index (κ3) is 5.42. The van der Waals surface area contributed by atoms with E-state index >= 15 is 0 Å². The van der Waals surface area contributed by atoms with Crippen molar-refractivity contribution < 1.29 is 9.47 Å². The number of benzene rings is 1. The number of anilines is 1. The lowest BCUT2D eigenvalue weighted by Crippen LogP contribution is -2.36. The number of nitrogens with one attached hydrogen (secondary N) is 1. The number of aromatic nitrogens is 2. The van der Waals surface area contributed by atoms with Gasteiger partial charge < -0.3 is 14.8 Å². The molecule has 0 saturated carbocycles. The van der Waals surface area contributed by atoms with Crippen molar-refractivity contribution >= 4 is 38.7 Å². The van der Waals surface area contributed by atoms with Crippen molar-refractivity contribution in [2.45, 2.75) is 26.6 Å². The van der Waals surface area contributed by atoms with Gasteiger partial charge in [-0.2, -0.15) is 0 Å². The Morgan fingerprint density at radius 3 is 2.64 bits per heavy atom. The standard InChI is InChI=1S/C25H28N4O2S2/c1-2-30-16-19-7-5-18(6-8-19)14-26-24-23-20(21-4-3-13-32-21)17-33-25(23)28-22(27-24)15-29-9-11-31-12-10-29/h3-8,13,17H,2,9-12,14-16H2,1H3,(H,26,27,28). The molecule has 0 aliphatic carbocycles. The molecule has 0 spiro atoms. The maximum atomic E-state index is 5.51. The summed E-state index contributed by atoms with van der Waals surface area (Å²) in [5.41, 5.74) is 3.61. The van der Waals surface area contributed by atoms with Gasteiger partial charge >= 0.3 is 0 Å². The molecule has 3 aromatic heterocycles. The molecule has 1 aliphatic rings. The van der Waals surface area contributed by atoms with Gasteiger partial charge in [-0.1, -0.05) is 30.3 Å². The summed E-state index contributed by atoms with van der Waals surface area (Å²) in [5, 5.41) is 9.05. The molecular formula is C25H28N4O2S2. The zero-order chi connectivity index (χ0) is 22.5. The molecule has 0 bridgehead atoms. The van der Waals surface area contributed by atoms with Gasteiger partial charge in [0.15, 0.2) is 0 Å². The van der Waals surface area contributed by atoms with Crippen LogP contribution in [0.4, 0.5) is 5.82 Å². The zero-order valence-corrected chi connectivity index (χ0v) is 20.4. The Bertz CT molecular complexity index is 1170. The number of fused-ring (bicyclic) bond motifs is 1. The first-order valence-corrected chi connectivity index (χ1v) is 13.1. The molecule has 4 heterocycles. The molecule has 0 atom stereocenters. The Balaban J connectivity index is 1.42. The van der Waals surface area contributed by atoms with Crippen molar-refractivity contribution in [1.29, 1.82) is 0 Å². The highest BCUT2D eigenvalue weighted by molar-refractivity contribution is 7.18. The minimum Gasteiger partial charge on any atom is -0.379 e. The van der Waals surface area contributed by atoms with E-state index in [9.17, 15) is 0 Å². The summed E-state index contributed by atoms with van der Waals surface area (Å²) in [6, 6.07) is 12.8. The number of morpholine rings is 1. The van der Waals surface area contributed by atoms with Crippen LogP contribution in [0.1, 0.15) is 23.9 Å². The van der Waals surface area contributed by atoms with E-state index in [4.69, 9.17) is 19.4 Å². The molecule has 0 amide bonds. The van der Waals surface area contributed by atoms with Crippen LogP contribution < -0.4 is 5.32 Å². The van der Waals surface area contributed by atoms with Gasteiger partial charge in [-0.15, -0.1) is 22.7 Å². The van der Waals surface area contributed by atoms with E-state index in [1.807, 2.05) is 6.92 Å². The maximum absolute atomic E-state index is 5.51. The minimum absolute atomic E-state index is 0.653. The Morgan fingerprint density at radius 1 is 1.06 bits per heavy atom. The Labute approximate surface area is 202 Å². The number of ether oxygens (including phenoxy) is 2. The second kappa shape index (κ2) is 10.7. The summed E-state index contributed by atoms with van der Waals surface area (Å²) < 4.78 is 11.0. The highest BCUT2D eigenvalue weighted by atomic mass is 32.1. The van der Waals surface area contributed by atoms with Crippen molar-refractivity contribution in [2.24, 2.45) is 0 Å². The molecule has 4 aromatic rings. The average Bonchev–Trinajstić information content (AvgIpc) is 3.52. The number of hydrogen-bond donors (Lipinski definition) is 1. The monoisotopic (exact) mass is 480 g/mol. The molecule has 1 aromatic carbocycles. The fourth-order valence-corrected chi connectivity index (χ4v) is 5.70. The maximum Gasteiger partial charge on any atom is 0.146 e. The Morgan fingerprint density at radius 2 is 1.88 bits per heavy atom. The molecule has 1 saturated heterocycles. The largest absolute Gasteiger partial charge is 0.379 e. The SMILES string of the molecule is CCOCc1ccc(CNc2nc(CN3CCOCC3)nc3scc(-c4cccs4)c23)cc1. The highest BCUT2D eigenvalue weighted by Crippen LogP contribution is 2.39. The normalized spacial score (nSPS) is 14.7. The molecule has 1 aliphatic heterocycles. The van der Waals surface area contributed by atoms with Crippen LogP contribution in [-0.4, -0.2) is 47.8 Å². The topological polar surface area (TPSA) is 59.5 Å². The van der Waals surface area contributed by atoms with Crippen LogP contribution in [0.15, 0.2) is 47.2 Å². The van der Waals surface area contributed by atoms with E-state index in [0.29, 0.717) is 13.2 Å². The van der Waals surface area contributed by atoms with E-state index < -0.39 is 0 Å². The second-order valence-electron chi connectivity index (χ2n) is 7.99. The van der Waals surface area contributed by atoms with E-state index in [0.717, 1.165) is 61.3 Å². The molecule has 1 fully saturated rings. The summed E-state index contributed by atoms with van der Waals surface area (Å²) in [6.07, 6.45) is 0. The molecule has 8 heteroatoms.